The molecule has 0 saturated carbocycles. The molecule has 1 aliphatic heterocycles. The lowest BCUT2D eigenvalue weighted by atomic mass is 9.96. The number of amides is 1. The summed E-state index contributed by atoms with van der Waals surface area (Å²) in [7, 11) is 0. The lowest BCUT2D eigenvalue weighted by molar-refractivity contribution is 0.0711. The maximum atomic E-state index is 12.9. The Morgan fingerprint density at radius 2 is 2.11 bits per heavy atom. The smallest absolute Gasteiger partial charge is 0.265 e. The first-order valence-corrected chi connectivity index (χ1v) is 11.1. The van der Waals surface area contributed by atoms with Crippen LogP contribution < -0.4 is 0 Å². The first-order chi connectivity index (χ1) is 13.7. The van der Waals surface area contributed by atoms with E-state index in [1.54, 1.807) is 23.6 Å². The largest absolute Gasteiger partial charge is 0.440 e. The van der Waals surface area contributed by atoms with E-state index in [2.05, 4.69) is 9.97 Å². The molecule has 28 heavy (non-hydrogen) atoms. The highest BCUT2D eigenvalue weighted by Crippen LogP contribution is 2.33. The first kappa shape index (κ1) is 17.8. The van der Waals surface area contributed by atoms with Gasteiger partial charge in [-0.1, -0.05) is 17.7 Å². The molecule has 1 fully saturated rings. The standard InChI is InChI=1S/C20H16ClN3O2S2/c21-13-3-4-15-14(10-13)23-18(26-15)12-5-7-24(8-6-12)20(25)17-11-22-19(28-17)16-2-1-9-27-16/h1-4,9-12H,5-8H2. The van der Waals surface area contributed by atoms with Crippen LogP contribution >= 0.6 is 34.3 Å². The van der Waals surface area contributed by atoms with Gasteiger partial charge in [0, 0.05) is 24.0 Å². The van der Waals surface area contributed by atoms with Crippen molar-refractivity contribution in [1.82, 2.24) is 14.9 Å². The Hall–Kier alpha value is -2.22. The number of aromatic nitrogens is 2. The van der Waals surface area contributed by atoms with Gasteiger partial charge in [0.15, 0.2) is 11.5 Å². The number of thiophene rings is 1. The van der Waals surface area contributed by atoms with E-state index in [9.17, 15) is 4.79 Å². The van der Waals surface area contributed by atoms with Gasteiger partial charge in [0.25, 0.3) is 5.91 Å². The van der Waals surface area contributed by atoms with Crippen LogP contribution in [0.25, 0.3) is 21.0 Å². The molecule has 0 unspecified atom stereocenters. The molecule has 1 aliphatic rings. The van der Waals surface area contributed by atoms with E-state index in [1.165, 1.54) is 11.3 Å². The van der Waals surface area contributed by atoms with E-state index in [0.717, 1.165) is 39.7 Å². The Morgan fingerprint density at radius 1 is 1.25 bits per heavy atom. The third-order valence-electron chi connectivity index (χ3n) is 4.95. The third kappa shape index (κ3) is 3.34. The number of likely N-dealkylation sites (tertiary alicyclic amines) is 1. The van der Waals surface area contributed by atoms with E-state index >= 15 is 0 Å². The topological polar surface area (TPSA) is 59.2 Å². The van der Waals surface area contributed by atoms with E-state index in [4.69, 9.17) is 16.0 Å². The van der Waals surface area contributed by atoms with Crippen LogP contribution in [0.15, 0.2) is 46.3 Å². The minimum atomic E-state index is 0.0584. The van der Waals surface area contributed by atoms with Crippen LogP contribution in [0.5, 0.6) is 0 Å². The zero-order chi connectivity index (χ0) is 19.1. The van der Waals surface area contributed by atoms with Gasteiger partial charge in [-0.15, -0.1) is 22.7 Å². The third-order valence-corrected chi connectivity index (χ3v) is 7.21. The van der Waals surface area contributed by atoms with Gasteiger partial charge < -0.3 is 9.32 Å². The predicted octanol–water partition coefficient (Wildman–Crippen LogP) is 5.69. The zero-order valence-electron chi connectivity index (χ0n) is 14.8. The summed E-state index contributed by atoms with van der Waals surface area (Å²) in [5.74, 6) is 1.02. The van der Waals surface area contributed by atoms with Crippen molar-refractivity contribution >= 4 is 51.3 Å². The average molecular weight is 430 g/mol. The van der Waals surface area contributed by atoms with Gasteiger partial charge in [-0.05, 0) is 42.5 Å². The highest BCUT2D eigenvalue weighted by molar-refractivity contribution is 7.21. The van der Waals surface area contributed by atoms with Crippen LogP contribution in [0.3, 0.4) is 0 Å². The number of benzene rings is 1. The summed E-state index contributed by atoms with van der Waals surface area (Å²) in [6, 6.07) is 9.49. The fourth-order valence-corrected chi connectivity index (χ4v) is 5.32. The van der Waals surface area contributed by atoms with Gasteiger partial charge in [0.2, 0.25) is 0 Å². The van der Waals surface area contributed by atoms with Crippen molar-refractivity contribution in [3.05, 3.63) is 57.7 Å². The predicted molar refractivity (Wildman–Crippen MR) is 112 cm³/mol. The Kier molecular flexibility index (Phi) is 4.66. The quantitative estimate of drug-likeness (QED) is 0.420. The Labute approximate surface area is 174 Å². The van der Waals surface area contributed by atoms with Gasteiger partial charge in [-0.25, -0.2) is 9.97 Å². The van der Waals surface area contributed by atoms with Gasteiger partial charge in [-0.3, -0.25) is 4.79 Å². The molecule has 0 spiro atoms. The van der Waals surface area contributed by atoms with E-state index in [-0.39, 0.29) is 11.8 Å². The summed E-state index contributed by atoms with van der Waals surface area (Å²) in [6.07, 6.45) is 3.37. The lowest BCUT2D eigenvalue weighted by Crippen LogP contribution is -2.37. The van der Waals surface area contributed by atoms with Crippen molar-refractivity contribution in [3.63, 3.8) is 0 Å². The fraction of sp³-hybridized carbons (Fsp3) is 0.250. The average Bonchev–Trinajstić information content (AvgIpc) is 3.46. The molecule has 8 heteroatoms. The fourth-order valence-electron chi connectivity index (χ4n) is 3.47. The molecule has 0 atom stereocenters. The normalized spacial score (nSPS) is 15.4. The molecule has 0 radical (unpaired) electrons. The van der Waals surface area contributed by atoms with Crippen LogP contribution in [0.4, 0.5) is 0 Å². The van der Waals surface area contributed by atoms with E-state index < -0.39 is 0 Å². The highest BCUT2D eigenvalue weighted by atomic mass is 35.5. The number of hydrogen-bond acceptors (Lipinski definition) is 6. The SMILES string of the molecule is O=C(c1cnc(-c2cccs2)s1)N1CCC(c2nc3cc(Cl)ccc3o2)CC1. The van der Waals surface area contributed by atoms with Gasteiger partial charge in [-0.2, -0.15) is 0 Å². The number of piperidine rings is 1. The number of nitrogens with zero attached hydrogens (tertiary/aromatic N) is 3. The molecule has 4 heterocycles. The molecule has 1 saturated heterocycles. The molecule has 5 rings (SSSR count). The molecule has 3 aromatic heterocycles. The number of oxazole rings is 1. The van der Waals surface area contributed by atoms with Crippen LogP contribution in [0.2, 0.25) is 5.02 Å². The summed E-state index contributed by atoms with van der Waals surface area (Å²) in [5, 5.41) is 3.57. The summed E-state index contributed by atoms with van der Waals surface area (Å²) in [4.78, 5) is 25.6. The second kappa shape index (κ2) is 7.31. The summed E-state index contributed by atoms with van der Waals surface area (Å²) in [6.45, 7) is 1.38. The molecule has 0 aliphatic carbocycles. The molecule has 142 valence electrons. The van der Waals surface area contributed by atoms with Crippen molar-refractivity contribution in [2.75, 3.05) is 13.1 Å². The number of fused-ring (bicyclic) bond motifs is 1. The van der Waals surface area contributed by atoms with Crippen LogP contribution in [-0.2, 0) is 0 Å². The van der Waals surface area contributed by atoms with Crippen molar-refractivity contribution in [3.8, 4) is 9.88 Å². The minimum Gasteiger partial charge on any atom is -0.440 e. The molecule has 0 N–H and O–H groups in total. The summed E-state index contributed by atoms with van der Waals surface area (Å²) < 4.78 is 5.91. The van der Waals surface area contributed by atoms with Crippen molar-refractivity contribution in [2.45, 2.75) is 18.8 Å². The Morgan fingerprint density at radius 3 is 2.89 bits per heavy atom. The van der Waals surface area contributed by atoms with Crippen LogP contribution in [-0.4, -0.2) is 33.9 Å². The number of rotatable bonds is 3. The monoisotopic (exact) mass is 429 g/mol. The number of thiazole rings is 1. The molecule has 1 aromatic carbocycles. The number of hydrogen-bond donors (Lipinski definition) is 0. The number of halogens is 1. The maximum absolute atomic E-state index is 12.9. The van der Waals surface area contributed by atoms with Gasteiger partial charge in [0.05, 0.1) is 11.1 Å². The molecule has 0 bridgehead atoms. The minimum absolute atomic E-state index is 0.0584. The van der Waals surface area contributed by atoms with Gasteiger partial charge >= 0.3 is 0 Å². The number of carbonyl (C=O) groups is 1. The molecular weight excluding hydrogens is 414 g/mol. The highest BCUT2D eigenvalue weighted by Gasteiger charge is 2.28. The molecular formula is C20H16ClN3O2S2. The molecule has 5 nitrogen and oxygen atoms in total. The number of carbonyl (C=O) groups excluding carboxylic acids is 1. The Balaban J connectivity index is 1.26. The van der Waals surface area contributed by atoms with Crippen molar-refractivity contribution in [1.29, 1.82) is 0 Å². The second-order valence-electron chi connectivity index (χ2n) is 6.74. The first-order valence-electron chi connectivity index (χ1n) is 9.02. The van der Waals surface area contributed by atoms with Crippen LogP contribution in [0, 0.1) is 0 Å². The molecule has 4 aromatic rings. The Bertz CT molecular complexity index is 1130. The molecule has 1 amide bonds. The zero-order valence-corrected chi connectivity index (χ0v) is 17.2. The summed E-state index contributed by atoms with van der Waals surface area (Å²) in [5.41, 5.74) is 1.54. The van der Waals surface area contributed by atoms with Gasteiger partial charge in [0.1, 0.15) is 15.4 Å². The maximum Gasteiger partial charge on any atom is 0.265 e. The summed E-state index contributed by atoms with van der Waals surface area (Å²) >= 11 is 9.12. The van der Waals surface area contributed by atoms with E-state index in [1.807, 2.05) is 34.5 Å². The van der Waals surface area contributed by atoms with Crippen molar-refractivity contribution < 1.29 is 9.21 Å². The second-order valence-corrected chi connectivity index (χ2v) is 9.15. The lowest BCUT2D eigenvalue weighted by Gasteiger charge is -2.30. The van der Waals surface area contributed by atoms with Crippen molar-refractivity contribution in [2.24, 2.45) is 0 Å². The van der Waals surface area contributed by atoms with Crippen LogP contribution in [0.1, 0.15) is 34.3 Å². The van der Waals surface area contributed by atoms with E-state index in [0.29, 0.717) is 23.0 Å².